The molecule has 0 saturated carbocycles. The van der Waals surface area contributed by atoms with Crippen molar-refractivity contribution in [2.45, 2.75) is 23.9 Å². The molecule has 0 unspecified atom stereocenters. The number of nitrogens with one attached hydrogen (secondary N) is 1. The van der Waals surface area contributed by atoms with Crippen LogP contribution in [0.2, 0.25) is 5.02 Å². The van der Waals surface area contributed by atoms with Gasteiger partial charge in [0, 0.05) is 18.7 Å². The summed E-state index contributed by atoms with van der Waals surface area (Å²) >= 11 is 7.55. The van der Waals surface area contributed by atoms with Crippen LogP contribution in [0.5, 0.6) is 0 Å². The molecule has 1 aliphatic rings. The Kier molecular flexibility index (Phi) is 8.57. The van der Waals surface area contributed by atoms with Crippen molar-refractivity contribution in [1.82, 2.24) is 19.1 Å². The van der Waals surface area contributed by atoms with Crippen molar-refractivity contribution in [1.29, 1.82) is 0 Å². The zero-order chi connectivity index (χ0) is 28.3. The van der Waals surface area contributed by atoms with Gasteiger partial charge in [-0.2, -0.15) is 4.31 Å². The summed E-state index contributed by atoms with van der Waals surface area (Å²) < 4.78 is 34.7. The first-order valence-corrected chi connectivity index (χ1v) is 15.4. The summed E-state index contributed by atoms with van der Waals surface area (Å²) in [6, 6.07) is 20.1. The predicted octanol–water partition coefficient (Wildman–Crippen LogP) is 4.96. The minimum atomic E-state index is -3.74. The van der Waals surface area contributed by atoms with Crippen LogP contribution in [0, 0.1) is 13.8 Å². The summed E-state index contributed by atoms with van der Waals surface area (Å²) in [4.78, 5) is 13.1. The number of morpholine rings is 1. The summed E-state index contributed by atoms with van der Waals surface area (Å²) in [5.41, 5.74) is 4.30. The van der Waals surface area contributed by atoms with Crippen molar-refractivity contribution in [2.24, 2.45) is 0 Å². The Labute approximate surface area is 242 Å². The van der Waals surface area contributed by atoms with Gasteiger partial charge in [0.05, 0.1) is 40.3 Å². The lowest BCUT2D eigenvalue weighted by atomic mass is 10.1. The van der Waals surface area contributed by atoms with Gasteiger partial charge in [0.1, 0.15) is 0 Å². The molecular formula is C28H28ClN5O4S2. The van der Waals surface area contributed by atoms with Gasteiger partial charge in [-0.15, -0.1) is 10.2 Å². The van der Waals surface area contributed by atoms with Gasteiger partial charge in [-0.05, 0) is 55.3 Å². The molecule has 40 heavy (non-hydrogen) atoms. The maximum absolute atomic E-state index is 13.1. The van der Waals surface area contributed by atoms with Crippen molar-refractivity contribution in [3.05, 3.63) is 82.9 Å². The molecule has 1 saturated heterocycles. The van der Waals surface area contributed by atoms with Crippen LogP contribution in [0.15, 0.2) is 76.8 Å². The SMILES string of the molecule is Cc1ccc(-n2c(SCC(=O)Nc3cc(S(=O)(=O)N4CCOCC4)ccc3Cl)nnc2-c2ccccc2)cc1C. The normalized spacial score (nSPS) is 14.3. The number of anilines is 1. The molecule has 1 fully saturated rings. The molecule has 9 nitrogen and oxygen atoms in total. The fourth-order valence-electron chi connectivity index (χ4n) is 4.25. The van der Waals surface area contributed by atoms with Crippen molar-refractivity contribution >= 4 is 45.0 Å². The number of aromatic nitrogens is 3. The molecule has 1 aromatic heterocycles. The van der Waals surface area contributed by atoms with E-state index in [1.165, 1.54) is 39.8 Å². The number of halogens is 1. The smallest absolute Gasteiger partial charge is 0.243 e. The molecule has 208 valence electrons. The van der Waals surface area contributed by atoms with E-state index in [-0.39, 0.29) is 40.4 Å². The molecule has 5 rings (SSSR count). The van der Waals surface area contributed by atoms with E-state index < -0.39 is 10.0 Å². The summed E-state index contributed by atoms with van der Waals surface area (Å²) in [7, 11) is -3.74. The molecule has 2 heterocycles. The van der Waals surface area contributed by atoms with Crippen LogP contribution in [0.25, 0.3) is 17.1 Å². The molecule has 4 aromatic rings. The van der Waals surface area contributed by atoms with Crippen LogP contribution < -0.4 is 5.32 Å². The fraction of sp³-hybridized carbons (Fsp3) is 0.250. The highest BCUT2D eigenvalue weighted by molar-refractivity contribution is 7.99. The molecule has 0 spiro atoms. The first-order valence-electron chi connectivity index (χ1n) is 12.6. The van der Waals surface area contributed by atoms with Gasteiger partial charge in [-0.1, -0.05) is 59.8 Å². The number of carbonyl (C=O) groups is 1. The van der Waals surface area contributed by atoms with E-state index in [0.717, 1.165) is 16.8 Å². The number of rotatable bonds is 8. The van der Waals surface area contributed by atoms with E-state index in [1.807, 2.05) is 54.0 Å². The van der Waals surface area contributed by atoms with Crippen LogP contribution in [0.1, 0.15) is 11.1 Å². The number of sulfonamides is 1. The average molecular weight is 598 g/mol. The quantitative estimate of drug-likeness (QED) is 0.286. The van der Waals surface area contributed by atoms with Crippen molar-refractivity contribution in [3.8, 4) is 17.1 Å². The third-order valence-electron chi connectivity index (χ3n) is 6.57. The minimum absolute atomic E-state index is 0.00847. The largest absolute Gasteiger partial charge is 0.379 e. The number of aryl methyl sites for hydroxylation is 2. The Morgan fingerprint density at radius 1 is 1.00 bits per heavy atom. The van der Waals surface area contributed by atoms with Crippen molar-refractivity contribution < 1.29 is 17.9 Å². The first kappa shape index (κ1) is 28.3. The third kappa shape index (κ3) is 6.08. The molecule has 0 aliphatic carbocycles. The van der Waals surface area contributed by atoms with Crippen molar-refractivity contribution in [2.75, 3.05) is 37.4 Å². The van der Waals surface area contributed by atoms with Crippen LogP contribution in [0.4, 0.5) is 5.69 Å². The predicted molar refractivity (Wildman–Crippen MR) is 157 cm³/mol. The molecule has 3 aromatic carbocycles. The van der Waals surface area contributed by atoms with Crippen LogP contribution in [-0.4, -0.2) is 65.5 Å². The fourth-order valence-corrected chi connectivity index (χ4v) is 6.60. The van der Waals surface area contributed by atoms with Gasteiger partial charge in [-0.25, -0.2) is 8.42 Å². The summed E-state index contributed by atoms with van der Waals surface area (Å²) in [5, 5.41) is 12.4. The highest BCUT2D eigenvalue weighted by Crippen LogP contribution is 2.30. The molecule has 1 aliphatic heterocycles. The maximum atomic E-state index is 13.1. The standard InChI is InChI=1S/C28H28ClN5O4S2/c1-19-8-9-22(16-20(19)2)34-27(21-6-4-3-5-7-21)31-32-28(34)39-18-26(35)30-25-17-23(10-11-24(25)29)40(36,37)33-12-14-38-15-13-33/h3-11,16-17H,12-15,18H2,1-2H3,(H,30,35). The molecule has 1 amide bonds. The lowest BCUT2D eigenvalue weighted by Crippen LogP contribution is -2.40. The Balaban J connectivity index is 1.36. The number of nitrogens with zero attached hydrogens (tertiary/aromatic N) is 4. The highest BCUT2D eigenvalue weighted by Gasteiger charge is 2.27. The molecular weight excluding hydrogens is 570 g/mol. The lowest BCUT2D eigenvalue weighted by Gasteiger charge is -2.26. The summed E-state index contributed by atoms with van der Waals surface area (Å²) in [6.07, 6.45) is 0. The zero-order valence-electron chi connectivity index (χ0n) is 22.0. The second-order valence-electron chi connectivity index (χ2n) is 9.27. The second kappa shape index (κ2) is 12.1. The highest BCUT2D eigenvalue weighted by atomic mass is 35.5. The molecule has 1 N–H and O–H groups in total. The van der Waals surface area contributed by atoms with E-state index in [0.29, 0.717) is 24.2 Å². The Bertz CT molecular complexity index is 1640. The van der Waals surface area contributed by atoms with Gasteiger partial charge in [-0.3, -0.25) is 9.36 Å². The second-order valence-corrected chi connectivity index (χ2v) is 12.6. The van der Waals surface area contributed by atoms with E-state index in [1.54, 1.807) is 0 Å². The van der Waals surface area contributed by atoms with Crippen LogP contribution in [-0.2, 0) is 19.6 Å². The topological polar surface area (TPSA) is 106 Å². The monoisotopic (exact) mass is 597 g/mol. The molecule has 12 heteroatoms. The zero-order valence-corrected chi connectivity index (χ0v) is 24.4. The van der Waals surface area contributed by atoms with Gasteiger partial charge < -0.3 is 10.1 Å². The van der Waals surface area contributed by atoms with E-state index >= 15 is 0 Å². The van der Waals surface area contributed by atoms with E-state index in [9.17, 15) is 13.2 Å². The van der Waals surface area contributed by atoms with Crippen LogP contribution in [0.3, 0.4) is 0 Å². The number of hydrogen-bond acceptors (Lipinski definition) is 7. The number of amides is 1. The average Bonchev–Trinajstić information content (AvgIpc) is 3.39. The van der Waals surface area contributed by atoms with Gasteiger partial charge >= 0.3 is 0 Å². The van der Waals surface area contributed by atoms with Crippen molar-refractivity contribution in [3.63, 3.8) is 0 Å². The Hall–Kier alpha value is -3.22. The number of hydrogen-bond donors (Lipinski definition) is 1. The van der Waals surface area contributed by atoms with E-state index in [2.05, 4.69) is 28.5 Å². The summed E-state index contributed by atoms with van der Waals surface area (Å²) in [6.45, 7) is 5.32. The number of carbonyl (C=O) groups excluding carboxylic acids is 1. The molecule has 0 bridgehead atoms. The minimum Gasteiger partial charge on any atom is -0.379 e. The molecule has 0 atom stereocenters. The number of benzene rings is 3. The first-order chi connectivity index (χ1) is 19.2. The third-order valence-corrected chi connectivity index (χ3v) is 9.72. The Morgan fingerprint density at radius 3 is 2.48 bits per heavy atom. The van der Waals surface area contributed by atoms with Gasteiger partial charge in [0.25, 0.3) is 0 Å². The van der Waals surface area contributed by atoms with Gasteiger partial charge in [0.15, 0.2) is 11.0 Å². The maximum Gasteiger partial charge on any atom is 0.243 e. The van der Waals surface area contributed by atoms with Gasteiger partial charge in [0.2, 0.25) is 15.9 Å². The Morgan fingerprint density at radius 2 is 1.75 bits per heavy atom. The van der Waals surface area contributed by atoms with E-state index in [4.69, 9.17) is 16.3 Å². The number of thioether (sulfide) groups is 1. The lowest BCUT2D eigenvalue weighted by molar-refractivity contribution is -0.113. The van der Waals surface area contributed by atoms with Crippen LogP contribution >= 0.6 is 23.4 Å². The molecule has 0 radical (unpaired) electrons. The summed E-state index contributed by atoms with van der Waals surface area (Å²) in [5.74, 6) is 0.314. The number of ether oxygens (including phenoxy) is 1.